The summed E-state index contributed by atoms with van der Waals surface area (Å²) in [5.74, 6) is -0.314. The van der Waals surface area contributed by atoms with Crippen LogP contribution in [0.15, 0.2) is 66.1 Å². The molecule has 1 amide bonds. The summed E-state index contributed by atoms with van der Waals surface area (Å²) in [7, 11) is 0. The summed E-state index contributed by atoms with van der Waals surface area (Å²) in [4.78, 5) is 45.8. The molecule has 0 spiro atoms. The van der Waals surface area contributed by atoms with Crippen molar-refractivity contribution in [2.24, 2.45) is 0 Å². The zero-order valence-electron chi connectivity index (χ0n) is 16.5. The van der Waals surface area contributed by atoms with E-state index in [-0.39, 0.29) is 11.4 Å². The van der Waals surface area contributed by atoms with Gasteiger partial charge in [0.05, 0.1) is 12.9 Å². The fraction of sp³-hybridized carbons (Fsp3) is 0.0909. The Kier molecular flexibility index (Phi) is 4.47. The molecule has 0 atom stereocenters. The second-order valence-electron chi connectivity index (χ2n) is 7.13. The van der Waals surface area contributed by atoms with E-state index in [2.05, 4.69) is 30.2 Å². The normalized spacial score (nSPS) is 11.1. The van der Waals surface area contributed by atoms with Crippen molar-refractivity contribution in [1.82, 2.24) is 29.5 Å². The number of nitrogens with one attached hydrogen (secondary N) is 2. The molecule has 0 bridgehead atoms. The number of hydrogen-bond acceptors (Lipinski definition) is 6. The average molecular weight is 411 g/mol. The number of aromatic amines is 1. The second kappa shape index (κ2) is 7.45. The molecule has 9 heteroatoms. The minimum Gasteiger partial charge on any atom is -0.340 e. The van der Waals surface area contributed by atoms with Gasteiger partial charge in [-0.25, -0.2) is 19.9 Å². The SMILES string of the molecule is Cc1ccc(Cn2c(=O)c(C(=O)Nc3ncnc4nc[nH]c34)cc3cccnc32)cc1. The largest absolute Gasteiger partial charge is 0.340 e. The van der Waals surface area contributed by atoms with Crippen LogP contribution in [0, 0.1) is 6.92 Å². The van der Waals surface area contributed by atoms with E-state index >= 15 is 0 Å². The number of nitrogens with zero attached hydrogens (tertiary/aromatic N) is 5. The third-order valence-electron chi connectivity index (χ3n) is 5.01. The molecule has 152 valence electrons. The summed E-state index contributed by atoms with van der Waals surface area (Å²) >= 11 is 0. The number of hydrogen-bond donors (Lipinski definition) is 2. The number of benzene rings is 1. The molecule has 0 saturated heterocycles. The Hall–Kier alpha value is -4.40. The van der Waals surface area contributed by atoms with Gasteiger partial charge in [-0.2, -0.15) is 0 Å². The Morgan fingerprint density at radius 3 is 2.77 bits per heavy atom. The Labute approximate surface area is 175 Å². The van der Waals surface area contributed by atoms with Gasteiger partial charge in [-0.3, -0.25) is 14.2 Å². The maximum atomic E-state index is 13.3. The predicted molar refractivity (Wildman–Crippen MR) is 116 cm³/mol. The Bertz CT molecular complexity index is 1490. The van der Waals surface area contributed by atoms with Gasteiger partial charge >= 0.3 is 0 Å². The van der Waals surface area contributed by atoms with Crippen molar-refractivity contribution in [2.75, 3.05) is 5.32 Å². The number of amides is 1. The molecule has 0 radical (unpaired) electrons. The summed E-state index contributed by atoms with van der Waals surface area (Å²) in [6.07, 6.45) is 4.40. The lowest BCUT2D eigenvalue weighted by Gasteiger charge is -2.12. The highest BCUT2D eigenvalue weighted by molar-refractivity contribution is 6.07. The Morgan fingerprint density at radius 1 is 1.10 bits per heavy atom. The number of pyridine rings is 2. The molecule has 1 aromatic carbocycles. The van der Waals surface area contributed by atoms with Gasteiger partial charge in [-0.15, -0.1) is 0 Å². The van der Waals surface area contributed by atoms with Gasteiger partial charge in [0.15, 0.2) is 11.5 Å². The van der Waals surface area contributed by atoms with Crippen molar-refractivity contribution >= 4 is 33.9 Å². The van der Waals surface area contributed by atoms with Crippen LogP contribution in [0.1, 0.15) is 21.5 Å². The van der Waals surface area contributed by atoms with E-state index in [0.29, 0.717) is 28.7 Å². The van der Waals surface area contributed by atoms with Crippen molar-refractivity contribution < 1.29 is 4.79 Å². The lowest BCUT2D eigenvalue weighted by Crippen LogP contribution is -2.30. The van der Waals surface area contributed by atoms with Crippen molar-refractivity contribution in [1.29, 1.82) is 0 Å². The summed E-state index contributed by atoms with van der Waals surface area (Å²) in [6, 6.07) is 13.0. The lowest BCUT2D eigenvalue weighted by atomic mass is 10.1. The second-order valence-corrected chi connectivity index (χ2v) is 7.13. The number of fused-ring (bicyclic) bond motifs is 2. The van der Waals surface area contributed by atoms with Crippen LogP contribution in [0.5, 0.6) is 0 Å². The van der Waals surface area contributed by atoms with Crippen molar-refractivity contribution in [2.45, 2.75) is 13.5 Å². The molecular weight excluding hydrogens is 394 g/mol. The number of imidazole rings is 1. The van der Waals surface area contributed by atoms with Gasteiger partial charge in [0.25, 0.3) is 11.5 Å². The quantitative estimate of drug-likeness (QED) is 0.469. The standard InChI is InChI=1S/C22H17N7O2/c1-13-4-6-14(7-5-13)10-29-20-15(3-2-8-23-20)9-16(22(29)31)21(30)28-19-17-18(25-11-24-17)26-12-27-19/h2-9,11-12H,10H2,1H3,(H2,24,25,26,27,28,30). The van der Waals surface area contributed by atoms with Crippen LogP contribution in [0.2, 0.25) is 0 Å². The molecule has 4 aromatic heterocycles. The summed E-state index contributed by atoms with van der Waals surface area (Å²) in [6.45, 7) is 2.30. The van der Waals surface area contributed by atoms with E-state index in [0.717, 1.165) is 11.1 Å². The topological polar surface area (TPSA) is 118 Å². The molecule has 0 aliphatic rings. The molecule has 0 unspecified atom stereocenters. The first-order chi connectivity index (χ1) is 15.1. The summed E-state index contributed by atoms with van der Waals surface area (Å²) in [5, 5.41) is 3.39. The van der Waals surface area contributed by atoms with E-state index in [1.807, 2.05) is 37.3 Å². The number of carbonyl (C=O) groups is 1. The molecule has 31 heavy (non-hydrogen) atoms. The van der Waals surface area contributed by atoms with Gasteiger partial charge in [-0.05, 0) is 30.7 Å². The molecule has 0 saturated carbocycles. The van der Waals surface area contributed by atoms with Crippen LogP contribution in [0.25, 0.3) is 22.2 Å². The fourth-order valence-corrected chi connectivity index (χ4v) is 3.43. The number of rotatable bonds is 4. The highest BCUT2D eigenvalue weighted by atomic mass is 16.2. The van der Waals surface area contributed by atoms with Gasteiger partial charge in [0.2, 0.25) is 0 Å². The van der Waals surface area contributed by atoms with E-state index < -0.39 is 11.5 Å². The van der Waals surface area contributed by atoms with Crippen LogP contribution in [0.3, 0.4) is 0 Å². The van der Waals surface area contributed by atoms with Gasteiger partial charge in [0, 0.05) is 11.6 Å². The first-order valence-corrected chi connectivity index (χ1v) is 9.60. The minimum atomic E-state index is -0.567. The van der Waals surface area contributed by atoms with Crippen LogP contribution >= 0.6 is 0 Å². The molecule has 4 heterocycles. The third-order valence-corrected chi connectivity index (χ3v) is 5.01. The first kappa shape index (κ1) is 18.6. The van der Waals surface area contributed by atoms with Crippen LogP contribution in [-0.2, 0) is 6.54 Å². The summed E-state index contributed by atoms with van der Waals surface area (Å²) < 4.78 is 1.51. The number of anilines is 1. The van der Waals surface area contributed by atoms with E-state index in [9.17, 15) is 9.59 Å². The number of H-pyrrole nitrogens is 1. The smallest absolute Gasteiger partial charge is 0.265 e. The van der Waals surface area contributed by atoms with Gasteiger partial charge < -0.3 is 10.3 Å². The van der Waals surface area contributed by atoms with Crippen LogP contribution in [-0.4, -0.2) is 35.4 Å². The van der Waals surface area contributed by atoms with Crippen LogP contribution in [0.4, 0.5) is 5.82 Å². The van der Waals surface area contributed by atoms with E-state index in [1.54, 1.807) is 18.3 Å². The number of aromatic nitrogens is 6. The third kappa shape index (κ3) is 3.42. The van der Waals surface area contributed by atoms with Crippen molar-refractivity contribution in [3.8, 4) is 0 Å². The monoisotopic (exact) mass is 411 g/mol. The van der Waals surface area contributed by atoms with E-state index in [1.165, 1.54) is 17.2 Å². The molecule has 2 N–H and O–H groups in total. The maximum Gasteiger partial charge on any atom is 0.265 e. The molecule has 0 aliphatic carbocycles. The Morgan fingerprint density at radius 2 is 1.94 bits per heavy atom. The van der Waals surface area contributed by atoms with E-state index in [4.69, 9.17) is 0 Å². The highest BCUT2D eigenvalue weighted by Crippen LogP contribution is 2.17. The zero-order valence-corrected chi connectivity index (χ0v) is 16.5. The number of aryl methyl sites for hydroxylation is 1. The summed E-state index contributed by atoms with van der Waals surface area (Å²) in [5.41, 5.74) is 3.05. The zero-order chi connectivity index (χ0) is 21.4. The fourth-order valence-electron chi connectivity index (χ4n) is 3.43. The van der Waals surface area contributed by atoms with Gasteiger partial charge in [0.1, 0.15) is 23.1 Å². The van der Waals surface area contributed by atoms with Crippen LogP contribution < -0.4 is 10.9 Å². The van der Waals surface area contributed by atoms with Gasteiger partial charge in [-0.1, -0.05) is 29.8 Å². The number of carbonyl (C=O) groups excluding carboxylic acids is 1. The lowest BCUT2D eigenvalue weighted by molar-refractivity contribution is 0.102. The predicted octanol–water partition coefficient (Wildman–Crippen LogP) is 2.67. The molecule has 0 aliphatic heterocycles. The molecular formula is C22H17N7O2. The molecule has 9 nitrogen and oxygen atoms in total. The molecule has 5 aromatic rings. The Balaban J connectivity index is 1.59. The average Bonchev–Trinajstić information content (AvgIpc) is 3.27. The van der Waals surface area contributed by atoms with Crippen molar-refractivity contribution in [3.63, 3.8) is 0 Å². The highest BCUT2D eigenvalue weighted by Gasteiger charge is 2.18. The molecule has 5 rings (SSSR count). The minimum absolute atomic E-state index is 0.00103. The van der Waals surface area contributed by atoms with Crippen molar-refractivity contribution in [3.05, 3.63) is 88.4 Å². The molecule has 0 fully saturated rings. The first-order valence-electron chi connectivity index (χ1n) is 9.60. The maximum absolute atomic E-state index is 13.3.